The lowest BCUT2D eigenvalue weighted by atomic mass is 10.1. The second-order valence-electron chi connectivity index (χ2n) is 7.93. The summed E-state index contributed by atoms with van der Waals surface area (Å²) in [6.07, 6.45) is 0. The maximum absolute atomic E-state index is 13.4. The van der Waals surface area contributed by atoms with Crippen LogP contribution in [0.25, 0.3) is 17.1 Å². The molecule has 0 saturated carbocycles. The van der Waals surface area contributed by atoms with Crippen molar-refractivity contribution in [1.29, 1.82) is 0 Å². The SMILES string of the molecule is COc1cccc(-c2nc(C(=O)N(C)Cc3cc(OC)c(OC)c(OC)c3)nn2-c2ccccc2)c1. The summed E-state index contributed by atoms with van der Waals surface area (Å²) >= 11 is 0. The molecule has 186 valence electrons. The van der Waals surface area contributed by atoms with Crippen LogP contribution in [0.5, 0.6) is 23.0 Å². The summed E-state index contributed by atoms with van der Waals surface area (Å²) < 4.78 is 23.3. The predicted molar refractivity (Wildman–Crippen MR) is 135 cm³/mol. The highest BCUT2D eigenvalue weighted by atomic mass is 16.5. The first-order valence-electron chi connectivity index (χ1n) is 11.2. The minimum atomic E-state index is -0.331. The van der Waals surface area contributed by atoms with Crippen molar-refractivity contribution in [3.8, 4) is 40.1 Å². The number of aromatic nitrogens is 3. The van der Waals surface area contributed by atoms with E-state index in [0.29, 0.717) is 28.8 Å². The van der Waals surface area contributed by atoms with Gasteiger partial charge in [-0.2, -0.15) is 0 Å². The van der Waals surface area contributed by atoms with Crippen LogP contribution in [0, 0.1) is 0 Å². The largest absolute Gasteiger partial charge is 0.497 e. The van der Waals surface area contributed by atoms with Gasteiger partial charge in [0.05, 0.1) is 34.1 Å². The highest BCUT2D eigenvalue weighted by Crippen LogP contribution is 2.38. The fourth-order valence-electron chi connectivity index (χ4n) is 3.84. The third-order valence-corrected chi connectivity index (χ3v) is 5.62. The smallest absolute Gasteiger partial charge is 0.293 e. The van der Waals surface area contributed by atoms with E-state index in [9.17, 15) is 4.79 Å². The molecule has 0 spiro atoms. The van der Waals surface area contributed by atoms with Gasteiger partial charge in [-0.15, -0.1) is 5.10 Å². The second kappa shape index (κ2) is 10.8. The zero-order valence-electron chi connectivity index (χ0n) is 20.9. The number of hydrogen-bond acceptors (Lipinski definition) is 7. The van der Waals surface area contributed by atoms with Crippen molar-refractivity contribution in [2.24, 2.45) is 0 Å². The maximum atomic E-state index is 13.4. The number of carbonyl (C=O) groups is 1. The molecule has 0 saturated heterocycles. The third kappa shape index (κ3) is 4.95. The first-order chi connectivity index (χ1) is 17.5. The van der Waals surface area contributed by atoms with Crippen LogP contribution in [0.3, 0.4) is 0 Å². The number of benzene rings is 3. The van der Waals surface area contributed by atoms with Crippen LogP contribution >= 0.6 is 0 Å². The maximum Gasteiger partial charge on any atom is 0.293 e. The van der Waals surface area contributed by atoms with Gasteiger partial charge in [0.25, 0.3) is 5.91 Å². The summed E-state index contributed by atoms with van der Waals surface area (Å²) in [7, 11) is 7.95. The predicted octanol–water partition coefficient (Wildman–Crippen LogP) is 4.24. The van der Waals surface area contributed by atoms with Crippen LogP contribution in [-0.4, -0.2) is 61.1 Å². The van der Waals surface area contributed by atoms with E-state index in [1.54, 1.807) is 45.1 Å². The first-order valence-corrected chi connectivity index (χ1v) is 11.2. The van der Waals surface area contributed by atoms with Crippen LogP contribution in [0.4, 0.5) is 0 Å². The van der Waals surface area contributed by atoms with E-state index in [4.69, 9.17) is 18.9 Å². The number of carbonyl (C=O) groups excluding carboxylic acids is 1. The molecular formula is C27H28N4O5. The molecule has 9 heteroatoms. The van der Waals surface area contributed by atoms with Gasteiger partial charge >= 0.3 is 0 Å². The van der Waals surface area contributed by atoms with E-state index < -0.39 is 0 Å². The zero-order chi connectivity index (χ0) is 25.7. The van der Waals surface area contributed by atoms with Gasteiger partial charge < -0.3 is 23.8 Å². The lowest BCUT2D eigenvalue weighted by Gasteiger charge is -2.18. The van der Waals surface area contributed by atoms with Gasteiger partial charge in [0, 0.05) is 19.2 Å². The normalized spacial score (nSPS) is 10.6. The van der Waals surface area contributed by atoms with E-state index >= 15 is 0 Å². The molecule has 4 rings (SSSR count). The Hall–Kier alpha value is -4.53. The number of rotatable bonds is 9. The minimum Gasteiger partial charge on any atom is -0.497 e. The molecule has 0 bridgehead atoms. The monoisotopic (exact) mass is 488 g/mol. The highest BCUT2D eigenvalue weighted by molar-refractivity contribution is 5.91. The molecule has 0 fully saturated rings. The summed E-state index contributed by atoms with van der Waals surface area (Å²) in [6.45, 7) is 0.282. The Morgan fingerprint density at radius 2 is 1.56 bits per heavy atom. The van der Waals surface area contributed by atoms with E-state index in [0.717, 1.165) is 16.8 Å². The average Bonchev–Trinajstić information content (AvgIpc) is 3.38. The van der Waals surface area contributed by atoms with Gasteiger partial charge in [-0.05, 0) is 42.0 Å². The van der Waals surface area contributed by atoms with Gasteiger partial charge in [-0.3, -0.25) is 4.79 Å². The quantitative estimate of drug-likeness (QED) is 0.348. The summed E-state index contributed by atoms with van der Waals surface area (Å²) in [5, 5.41) is 4.57. The van der Waals surface area contributed by atoms with Crippen LogP contribution in [0.2, 0.25) is 0 Å². The van der Waals surface area contributed by atoms with Gasteiger partial charge in [-0.25, -0.2) is 9.67 Å². The van der Waals surface area contributed by atoms with Gasteiger partial charge in [0.1, 0.15) is 5.75 Å². The van der Waals surface area contributed by atoms with Crippen molar-refractivity contribution >= 4 is 5.91 Å². The zero-order valence-corrected chi connectivity index (χ0v) is 20.9. The molecule has 4 aromatic rings. The van der Waals surface area contributed by atoms with E-state index in [1.807, 2.05) is 66.7 Å². The van der Waals surface area contributed by atoms with Gasteiger partial charge in [0.15, 0.2) is 17.3 Å². The lowest BCUT2D eigenvalue weighted by molar-refractivity contribution is 0.0773. The lowest BCUT2D eigenvalue weighted by Crippen LogP contribution is -2.27. The molecule has 0 unspecified atom stereocenters. The molecule has 1 aromatic heterocycles. The molecule has 3 aromatic carbocycles. The van der Waals surface area contributed by atoms with Crippen LogP contribution < -0.4 is 18.9 Å². The Morgan fingerprint density at radius 1 is 0.861 bits per heavy atom. The van der Waals surface area contributed by atoms with Crippen molar-refractivity contribution < 1.29 is 23.7 Å². The number of para-hydroxylation sites is 1. The van der Waals surface area contributed by atoms with E-state index in [1.165, 1.54) is 0 Å². The summed E-state index contributed by atoms with van der Waals surface area (Å²) in [4.78, 5) is 19.6. The summed E-state index contributed by atoms with van der Waals surface area (Å²) in [6, 6.07) is 20.7. The standard InChI is InChI=1S/C27H28N4O5/c1-30(17-18-14-22(34-3)24(36-5)23(15-18)35-4)27(32)25-28-26(19-10-9-13-21(16-19)33-2)31(29-25)20-11-7-6-8-12-20/h6-16H,17H2,1-5H3. The Labute approximate surface area is 209 Å². The molecule has 0 aliphatic heterocycles. The molecule has 1 heterocycles. The van der Waals surface area contributed by atoms with E-state index in [2.05, 4.69) is 10.1 Å². The molecule has 1 amide bonds. The Kier molecular flexibility index (Phi) is 7.39. The summed E-state index contributed by atoms with van der Waals surface area (Å²) in [5.74, 6) is 2.48. The van der Waals surface area contributed by atoms with Crippen LogP contribution in [0.15, 0.2) is 66.7 Å². The first kappa shape index (κ1) is 24.6. The Balaban J connectivity index is 1.69. The Bertz CT molecular complexity index is 1330. The second-order valence-corrected chi connectivity index (χ2v) is 7.93. The number of amides is 1. The molecule has 36 heavy (non-hydrogen) atoms. The topological polar surface area (TPSA) is 87.9 Å². The minimum absolute atomic E-state index is 0.0756. The fourth-order valence-corrected chi connectivity index (χ4v) is 3.84. The molecule has 0 aliphatic carbocycles. The Morgan fingerprint density at radius 3 is 2.17 bits per heavy atom. The van der Waals surface area contributed by atoms with Gasteiger partial charge in [-0.1, -0.05) is 30.3 Å². The number of nitrogens with zero attached hydrogens (tertiary/aromatic N) is 4. The molecular weight excluding hydrogens is 460 g/mol. The molecule has 0 radical (unpaired) electrons. The molecule has 0 N–H and O–H groups in total. The molecule has 0 atom stereocenters. The number of methoxy groups -OCH3 is 4. The van der Waals surface area contributed by atoms with E-state index in [-0.39, 0.29) is 18.3 Å². The average molecular weight is 489 g/mol. The van der Waals surface area contributed by atoms with Crippen LogP contribution in [0.1, 0.15) is 16.2 Å². The molecule has 9 nitrogen and oxygen atoms in total. The highest BCUT2D eigenvalue weighted by Gasteiger charge is 2.23. The molecule has 0 aliphatic rings. The summed E-state index contributed by atoms with van der Waals surface area (Å²) in [5.41, 5.74) is 2.36. The van der Waals surface area contributed by atoms with Crippen LogP contribution in [-0.2, 0) is 6.54 Å². The number of hydrogen-bond donors (Lipinski definition) is 0. The van der Waals surface area contributed by atoms with Crippen molar-refractivity contribution in [3.05, 3.63) is 78.1 Å². The number of ether oxygens (including phenoxy) is 4. The third-order valence-electron chi connectivity index (χ3n) is 5.62. The van der Waals surface area contributed by atoms with Crippen molar-refractivity contribution in [1.82, 2.24) is 19.7 Å². The fraction of sp³-hybridized carbons (Fsp3) is 0.222. The van der Waals surface area contributed by atoms with Gasteiger partial charge in [0.2, 0.25) is 11.6 Å². The van der Waals surface area contributed by atoms with Crippen molar-refractivity contribution in [3.63, 3.8) is 0 Å². The van der Waals surface area contributed by atoms with Crippen molar-refractivity contribution in [2.45, 2.75) is 6.54 Å². The van der Waals surface area contributed by atoms with Crippen molar-refractivity contribution in [2.75, 3.05) is 35.5 Å².